The maximum atomic E-state index is 12.2. The van der Waals surface area contributed by atoms with Gasteiger partial charge < -0.3 is 14.7 Å². The van der Waals surface area contributed by atoms with E-state index in [0.29, 0.717) is 18.1 Å². The molecule has 1 N–H and O–H groups in total. The van der Waals surface area contributed by atoms with Gasteiger partial charge in [0.25, 0.3) is 0 Å². The summed E-state index contributed by atoms with van der Waals surface area (Å²) in [6.45, 7) is 4.24. The number of aromatic nitrogens is 2. The molecule has 0 spiro atoms. The molecular weight excluding hydrogens is 432 g/mol. The molecule has 0 radical (unpaired) electrons. The third kappa shape index (κ3) is 4.85. The lowest BCUT2D eigenvalue weighted by Gasteiger charge is -2.17. The summed E-state index contributed by atoms with van der Waals surface area (Å²) in [5, 5.41) is 6.96. The first kappa shape index (κ1) is 19.6. The Balaban J connectivity index is 1.33. The highest BCUT2D eigenvalue weighted by Crippen LogP contribution is 2.25. The van der Waals surface area contributed by atoms with Gasteiger partial charge in [-0.2, -0.15) is 4.98 Å². The normalized spacial score (nSPS) is 13.7. The lowest BCUT2D eigenvalue weighted by molar-refractivity contribution is -0.116. The largest absolute Gasteiger partial charge is 0.372 e. The second-order valence-corrected chi connectivity index (χ2v) is 8.14. The number of amides is 1. The van der Waals surface area contributed by atoms with Crippen molar-refractivity contribution >= 4 is 33.2 Å². The van der Waals surface area contributed by atoms with E-state index in [4.69, 9.17) is 4.52 Å². The molecule has 0 bridgehead atoms. The Bertz CT molecular complexity index is 994. The quantitative estimate of drug-likeness (QED) is 0.568. The summed E-state index contributed by atoms with van der Waals surface area (Å²) >= 11 is 3.47. The Morgan fingerprint density at radius 1 is 1.17 bits per heavy atom. The van der Waals surface area contributed by atoms with E-state index in [0.717, 1.165) is 34.4 Å². The van der Waals surface area contributed by atoms with E-state index in [-0.39, 0.29) is 12.3 Å². The highest BCUT2D eigenvalue weighted by Gasteiger charge is 2.14. The summed E-state index contributed by atoms with van der Waals surface area (Å²) in [5.41, 5.74) is 4.02. The van der Waals surface area contributed by atoms with Crippen molar-refractivity contribution in [3.63, 3.8) is 0 Å². The fourth-order valence-electron chi connectivity index (χ4n) is 3.42. The van der Waals surface area contributed by atoms with Gasteiger partial charge in [-0.15, -0.1) is 0 Å². The molecule has 4 rings (SSSR count). The first-order chi connectivity index (χ1) is 14.1. The van der Waals surface area contributed by atoms with Crippen LogP contribution in [0.4, 0.5) is 11.4 Å². The maximum absolute atomic E-state index is 12.2. The molecule has 0 saturated carbocycles. The van der Waals surface area contributed by atoms with Crippen LogP contribution in [0.3, 0.4) is 0 Å². The van der Waals surface area contributed by atoms with Crippen LogP contribution in [0.15, 0.2) is 51.5 Å². The average Bonchev–Trinajstić information content (AvgIpc) is 3.41. The monoisotopic (exact) mass is 454 g/mol. The van der Waals surface area contributed by atoms with Crippen molar-refractivity contribution in [2.45, 2.75) is 32.6 Å². The van der Waals surface area contributed by atoms with Crippen LogP contribution in [0, 0.1) is 6.92 Å². The number of anilines is 2. The van der Waals surface area contributed by atoms with Crippen molar-refractivity contribution in [1.82, 2.24) is 10.1 Å². The van der Waals surface area contributed by atoms with Crippen molar-refractivity contribution in [3.8, 4) is 11.4 Å². The molecule has 2 heterocycles. The molecule has 7 heteroatoms. The van der Waals surface area contributed by atoms with Crippen LogP contribution >= 0.6 is 15.9 Å². The number of carbonyl (C=O) groups is 1. The van der Waals surface area contributed by atoms with Gasteiger partial charge in [0.15, 0.2) is 0 Å². The first-order valence-corrected chi connectivity index (χ1v) is 10.6. The van der Waals surface area contributed by atoms with Crippen LogP contribution < -0.4 is 10.2 Å². The van der Waals surface area contributed by atoms with E-state index in [1.807, 2.05) is 37.3 Å². The molecule has 3 aromatic rings. The number of aryl methyl sites for hydroxylation is 2. The minimum atomic E-state index is -0.0933. The Kier molecular flexibility index (Phi) is 5.94. The molecule has 150 valence electrons. The van der Waals surface area contributed by atoms with E-state index < -0.39 is 0 Å². The summed E-state index contributed by atoms with van der Waals surface area (Å²) in [6.07, 6.45) is 3.18. The number of hydrogen-bond donors (Lipinski definition) is 1. The van der Waals surface area contributed by atoms with Crippen LogP contribution in [0.25, 0.3) is 11.4 Å². The van der Waals surface area contributed by atoms with Gasteiger partial charge in [-0.25, -0.2) is 0 Å². The van der Waals surface area contributed by atoms with E-state index in [9.17, 15) is 4.79 Å². The van der Waals surface area contributed by atoms with Crippen LogP contribution in [0.1, 0.15) is 30.7 Å². The van der Waals surface area contributed by atoms with Gasteiger partial charge in [-0.3, -0.25) is 4.79 Å². The molecule has 0 aliphatic carbocycles. The number of carbonyl (C=O) groups excluding carboxylic acids is 1. The summed E-state index contributed by atoms with van der Waals surface area (Å²) in [4.78, 5) is 19.1. The number of nitrogens with one attached hydrogen (secondary N) is 1. The number of rotatable bonds is 6. The highest BCUT2D eigenvalue weighted by molar-refractivity contribution is 9.10. The zero-order chi connectivity index (χ0) is 20.2. The van der Waals surface area contributed by atoms with E-state index in [2.05, 4.69) is 48.4 Å². The highest BCUT2D eigenvalue weighted by atomic mass is 79.9. The molecule has 0 unspecified atom stereocenters. The molecule has 1 saturated heterocycles. The Morgan fingerprint density at radius 3 is 2.66 bits per heavy atom. The minimum Gasteiger partial charge on any atom is -0.372 e. The fourth-order valence-corrected chi connectivity index (χ4v) is 4.02. The van der Waals surface area contributed by atoms with Crippen molar-refractivity contribution in [3.05, 3.63) is 58.4 Å². The Labute approximate surface area is 178 Å². The van der Waals surface area contributed by atoms with E-state index in [1.165, 1.54) is 18.5 Å². The smallest absolute Gasteiger partial charge is 0.227 e. The van der Waals surface area contributed by atoms with Crippen molar-refractivity contribution in [2.24, 2.45) is 0 Å². The number of halogens is 1. The predicted octanol–water partition coefficient (Wildman–Crippen LogP) is 4.98. The summed E-state index contributed by atoms with van der Waals surface area (Å²) in [7, 11) is 0. The number of hydrogen-bond acceptors (Lipinski definition) is 5. The minimum absolute atomic E-state index is 0.0933. The van der Waals surface area contributed by atoms with Crippen LogP contribution in [-0.4, -0.2) is 29.1 Å². The maximum Gasteiger partial charge on any atom is 0.227 e. The van der Waals surface area contributed by atoms with Gasteiger partial charge in [0, 0.05) is 41.7 Å². The molecule has 1 aliphatic heterocycles. The van der Waals surface area contributed by atoms with E-state index in [1.54, 1.807) is 0 Å². The molecular formula is C22H23BrN4O2. The molecule has 2 aromatic carbocycles. The number of nitrogens with zero attached hydrogens (tertiary/aromatic N) is 3. The molecule has 1 fully saturated rings. The molecule has 1 aliphatic rings. The van der Waals surface area contributed by atoms with Crippen LogP contribution in [0.5, 0.6) is 0 Å². The molecule has 6 nitrogen and oxygen atoms in total. The van der Waals surface area contributed by atoms with Crippen molar-refractivity contribution in [2.75, 3.05) is 23.3 Å². The lowest BCUT2D eigenvalue weighted by atomic mass is 10.2. The van der Waals surface area contributed by atoms with Gasteiger partial charge in [-0.05, 0) is 77.7 Å². The average molecular weight is 455 g/mol. The Morgan fingerprint density at radius 2 is 1.93 bits per heavy atom. The molecule has 29 heavy (non-hydrogen) atoms. The Hall–Kier alpha value is -2.67. The SMILES string of the molecule is Cc1ccc(NC(=O)CCc2nc(-c3ccc(N4CCCC4)cc3)no2)c(Br)c1. The molecule has 1 aromatic heterocycles. The third-order valence-electron chi connectivity index (χ3n) is 5.03. The zero-order valence-corrected chi connectivity index (χ0v) is 17.9. The first-order valence-electron chi connectivity index (χ1n) is 9.82. The van der Waals surface area contributed by atoms with Gasteiger partial charge in [0.2, 0.25) is 17.6 Å². The number of benzene rings is 2. The predicted molar refractivity (Wildman–Crippen MR) is 117 cm³/mol. The van der Waals surface area contributed by atoms with Gasteiger partial charge in [0.1, 0.15) is 0 Å². The summed E-state index contributed by atoms with van der Waals surface area (Å²) in [5.74, 6) is 0.917. The van der Waals surface area contributed by atoms with Gasteiger partial charge in [0.05, 0.1) is 5.69 Å². The zero-order valence-electron chi connectivity index (χ0n) is 16.3. The second-order valence-electron chi connectivity index (χ2n) is 7.28. The van der Waals surface area contributed by atoms with Crippen molar-refractivity contribution < 1.29 is 9.32 Å². The van der Waals surface area contributed by atoms with Gasteiger partial charge in [-0.1, -0.05) is 11.2 Å². The molecule has 1 amide bonds. The molecule has 0 atom stereocenters. The summed E-state index contributed by atoms with van der Waals surface area (Å²) < 4.78 is 6.19. The lowest BCUT2D eigenvalue weighted by Crippen LogP contribution is -2.17. The fraction of sp³-hybridized carbons (Fsp3) is 0.318. The standard InChI is InChI=1S/C22H23BrN4O2/c1-15-4-9-19(18(23)14-15)24-20(28)10-11-21-25-22(26-29-21)16-5-7-17(8-6-16)27-12-2-3-13-27/h4-9,14H,2-3,10-13H2,1H3,(H,24,28). The van der Waals surface area contributed by atoms with Crippen molar-refractivity contribution in [1.29, 1.82) is 0 Å². The van der Waals surface area contributed by atoms with Gasteiger partial charge >= 0.3 is 0 Å². The van der Waals surface area contributed by atoms with E-state index >= 15 is 0 Å². The summed E-state index contributed by atoms with van der Waals surface area (Å²) in [6, 6.07) is 14.0. The topological polar surface area (TPSA) is 71.3 Å². The van der Waals surface area contributed by atoms with Crippen LogP contribution in [-0.2, 0) is 11.2 Å². The third-order valence-corrected chi connectivity index (χ3v) is 5.69. The van der Waals surface area contributed by atoms with Crippen LogP contribution in [0.2, 0.25) is 0 Å². The second kappa shape index (κ2) is 8.78.